The first-order valence-corrected chi connectivity index (χ1v) is 4.58. The highest BCUT2D eigenvalue weighted by atomic mass is 16.3. The van der Waals surface area contributed by atoms with Crippen LogP contribution in [0, 0.1) is 0 Å². The molecule has 0 amide bonds. The van der Waals surface area contributed by atoms with E-state index in [4.69, 9.17) is 0 Å². The van der Waals surface area contributed by atoms with Gasteiger partial charge in [-0.2, -0.15) is 0 Å². The minimum atomic E-state index is -0.527. The summed E-state index contributed by atoms with van der Waals surface area (Å²) in [5.41, 5.74) is 0.728. The van der Waals surface area contributed by atoms with E-state index in [1.54, 1.807) is 0 Å². The van der Waals surface area contributed by atoms with Crippen LogP contribution in [0.1, 0.15) is 46.0 Å². The molecular weight excluding hydrogens is 136 g/mol. The number of hydrogen-bond acceptors (Lipinski definition) is 1. The van der Waals surface area contributed by atoms with E-state index in [9.17, 15) is 5.11 Å². The molecular formula is C10H18O. The van der Waals surface area contributed by atoms with Gasteiger partial charge in [0.25, 0.3) is 0 Å². The fraction of sp³-hybridized carbons (Fsp3) is 0.800. The van der Waals surface area contributed by atoms with Crippen molar-refractivity contribution in [3.63, 3.8) is 0 Å². The van der Waals surface area contributed by atoms with Crippen molar-refractivity contribution in [2.75, 3.05) is 0 Å². The standard InChI is InChI=1S/C10H18O/c1-3-10(2,11)9-7-5-4-6-8-9/h7,11H,3-6,8H2,1-2H3. The van der Waals surface area contributed by atoms with Crippen molar-refractivity contribution >= 4 is 0 Å². The highest BCUT2D eigenvalue weighted by Gasteiger charge is 2.23. The van der Waals surface area contributed by atoms with Crippen molar-refractivity contribution in [1.29, 1.82) is 0 Å². The number of aliphatic hydroxyl groups is 1. The normalized spacial score (nSPS) is 24.1. The van der Waals surface area contributed by atoms with Crippen molar-refractivity contribution in [2.45, 2.75) is 51.6 Å². The molecule has 0 bridgehead atoms. The Hall–Kier alpha value is -0.300. The molecule has 0 aromatic heterocycles. The van der Waals surface area contributed by atoms with Crippen molar-refractivity contribution in [3.05, 3.63) is 11.6 Å². The summed E-state index contributed by atoms with van der Waals surface area (Å²) in [7, 11) is 0. The molecule has 1 N–H and O–H groups in total. The molecule has 0 saturated carbocycles. The van der Waals surface area contributed by atoms with Crippen LogP contribution in [0.5, 0.6) is 0 Å². The van der Waals surface area contributed by atoms with Crippen molar-refractivity contribution < 1.29 is 5.11 Å². The van der Waals surface area contributed by atoms with Gasteiger partial charge >= 0.3 is 0 Å². The lowest BCUT2D eigenvalue weighted by atomic mass is 9.85. The summed E-state index contributed by atoms with van der Waals surface area (Å²) in [5.74, 6) is 0. The molecule has 0 saturated heterocycles. The van der Waals surface area contributed by atoms with Crippen LogP contribution in [-0.4, -0.2) is 10.7 Å². The van der Waals surface area contributed by atoms with E-state index in [2.05, 4.69) is 6.08 Å². The lowest BCUT2D eigenvalue weighted by molar-refractivity contribution is 0.0888. The van der Waals surface area contributed by atoms with Gasteiger partial charge in [0, 0.05) is 0 Å². The molecule has 0 spiro atoms. The Labute approximate surface area is 69.1 Å². The van der Waals surface area contributed by atoms with Gasteiger partial charge in [-0.25, -0.2) is 0 Å². The topological polar surface area (TPSA) is 20.2 Å². The molecule has 1 aliphatic rings. The minimum Gasteiger partial charge on any atom is -0.386 e. The van der Waals surface area contributed by atoms with Gasteiger partial charge in [0.1, 0.15) is 0 Å². The van der Waals surface area contributed by atoms with Crippen molar-refractivity contribution in [1.82, 2.24) is 0 Å². The van der Waals surface area contributed by atoms with E-state index in [0.717, 1.165) is 19.3 Å². The summed E-state index contributed by atoms with van der Waals surface area (Å²) in [4.78, 5) is 0. The lowest BCUT2D eigenvalue weighted by Crippen LogP contribution is -2.26. The Morgan fingerprint density at radius 1 is 1.55 bits per heavy atom. The second-order valence-electron chi connectivity index (χ2n) is 3.60. The Bertz CT molecular complexity index is 156. The van der Waals surface area contributed by atoms with Crippen LogP contribution in [0.3, 0.4) is 0 Å². The van der Waals surface area contributed by atoms with E-state index in [0.29, 0.717) is 0 Å². The first kappa shape index (κ1) is 8.79. The Morgan fingerprint density at radius 3 is 2.73 bits per heavy atom. The average molecular weight is 154 g/mol. The van der Waals surface area contributed by atoms with E-state index in [1.165, 1.54) is 18.4 Å². The molecule has 11 heavy (non-hydrogen) atoms. The molecule has 64 valence electrons. The Morgan fingerprint density at radius 2 is 2.27 bits per heavy atom. The summed E-state index contributed by atoms with van der Waals surface area (Å²) in [5, 5.41) is 9.88. The molecule has 0 aliphatic heterocycles. The maximum atomic E-state index is 9.88. The van der Waals surface area contributed by atoms with E-state index >= 15 is 0 Å². The monoisotopic (exact) mass is 154 g/mol. The van der Waals surface area contributed by atoms with Gasteiger partial charge in [-0.15, -0.1) is 0 Å². The fourth-order valence-electron chi connectivity index (χ4n) is 1.55. The van der Waals surface area contributed by atoms with Gasteiger partial charge in [0.05, 0.1) is 5.60 Å². The highest BCUT2D eigenvalue weighted by molar-refractivity contribution is 5.16. The third-order valence-electron chi connectivity index (χ3n) is 2.67. The van der Waals surface area contributed by atoms with Gasteiger partial charge < -0.3 is 5.11 Å². The molecule has 1 atom stereocenters. The molecule has 0 heterocycles. The summed E-state index contributed by atoms with van der Waals surface area (Å²) in [6.07, 6.45) is 7.85. The minimum absolute atomic E-state index is 0.527. The van der Waals surface area contributed by atoms with E-state index in [-0.39, 0.29) is 0 Å². The summed E-state index contributed by atoms with van der Waals surface area (Å²) < 4.78 is 0. The van der Waals surface area contributed by atoms with Gasteiger partial charge in [-0.3, -0.25) is 0 Å². The smallest absolute Gasteiger partial charge is 0.0826 e. The predicted octanol–water partition coefficient (Wildman–Crippen LogP) is 2.65. The van der Waals surface area contributed by atoms with Crippen LogP contribution in [-0.2, 0) is 0 Å². The molecule has 1 heteroatoms. The molecule has 0 fully saturated rings. The van der Waals surface area contributed by atoms with Crippen LogP contribution in [0.25, 0.3) is 0 Å². The second-order valence-corrected chi connectivity index (χ2v) is 3.60. The third kappa shape index (κ3) is 2.06. The molecule has 1 rings (SSSR count). The van der Waals surface area contributed by atoms with Crippen LogP contribution in [0.2, 0.25) is 0 Å². The first-order valence-electron chi connectivity index (χ1n) is 4.58. The average Bonchev–Trinajstić information content (AvgIpc) is 2.06. The third-order valence-corrected chi connectivity index (χ3v) is 2.67. The number of hydrogen-bond donors (Lipinski definition) is 1. The number of allylic oxidation sites excluding steroid dienone is 1. The highest BCUT2D eigenvalue weighted by Crippen LogP contribution is 2.29. The summed E-state index contributed by atoms with van der Waals surface area (Å²) in [6, 6.07) is 0. The molecule has 0 aromatic carbocycles. The van der Waals surface area contributed by atoms with E-state index in [1.807, 2.05) is 13.8 Å². The number of rotatable bonds is 2. The zero-order chi connectivity index (χ0) is 8.32. The second kappa shape index (κ2) is 3.40. The predicted molar refractivity (Wildman–Crippen MR) is 47.5 cm³/mol. The fourth-order valence-corrected chi connectivity index (χ4v) is 1.55. The zero-order valence-electron chi connectivity index (χ0n) is 7.56. The van der Waals surface area contributed by atoms with Gasteiger partial charge in [0.2, 0.25) is 0 Å². The largest absolute Gasteiger partial charge is 0.386 e. The Balaban J connectivity index is 2.64. The Kier molecular flexibility index (Phi) is 2.72. The summed E-state index contributed by atoms with van der Waals surface area (Å²) >= 11 is 0. The van der Waals surface area contributed by atoms with Crippen LogP contribution >= 0.6 is 0 Å². The quantitative estimate of drug-likeness (QED) is 0.606. The lowest BCUT2D eigenvalue weighted by Gasteiger charge is -2.27. The zero-order valence-corrected chi connectivity index (χ0v) is 7.56. The maximum absolute atomic E-state index is 9.88. The molecule has 0 radical (unpaired) electrons. The summed E-state index contributed by atoms with van der Waals surface area (Å²) in [6.45, 7) is 3.96. The SMILES string of the molecule is CCC(C)(O)C1=CCCCC1. The molecule has 0 aromatic rings. The van der Waals surface area contributed by atoms with Crippen molar-refractivity contribution in [2.24, 2.45) is 0 Å². The first-order chi connectivity index (χ1) is 5.17. The van der Waals surface area contributed by atoms with Gasteiger partial charge in [-0.1, -0.05) is 13.0 Å². The van der Waals surface area contributed by atoms with Crippen molar-refractivity contribution in [3.8, 4) is 0 Å². The van der Waals surface area contributed by atoms with Crippen LogP contribution < -0.4 is 0 Å². The van der Waals surface area contributed by atoms with Crippen LogP contribution in [0.4, 0.5) is 0 Å². The molecule has 1 nitrogen and oxygen atoms in total. The molecule has 1 aliphatic carbocycles. The molecule has 1 unspecified atom stereocenters. The van der Waals surface area contributed by atoms with Crippen LogP contribution in [0.15, 0.2) is 11.6 Å². The van der Waals surface area contributed by atoms with Gasteiger partial charge in [-0.05, 0) is 44.6 Å². The van der Waals surface area contributed by atoms with Gasteiger partial charge in [0.15, 0.2) is 0 Å². The maximum Gasteiger partial charge on any atom is 0.0826 e. The van der Waals surface area contributed by atoms with E-state index < -0.39 is 5.60 Å².